The number of carbonyl (C=O) groups is 1. The fourth-order valence-electron chi connectivity index (χ4n) is 4.14. The van der Waals surface area contributed by atoms with Crippen molar-refractivity contribution in [2.75, 3.05) is 6.61 Å². The Morgan fingerprint density at radius 1 is 1.03 bits per heavy atom. The number of alkyl halides is 3. The first-order valence-corrected chi connectivity index (χ1v) is 10.5. The molecule has 0 aliphatic carbocycles. The normalized spacial score (nSPS) is 17.5. The van der Waals surface area contributed by atoms with Crippen molar-refractivity contribution in [2.45, 2.75) is 18.3 Å². The second-order valence-corrected chi connectivity index (χ2v) is 7.80. The number of amides is 1. The number of carbonyl (C=O) groups excluding carboxylic acids is 1. The summed E-state index contributed by atoms with van der Waals surface area (Å²) in [7, 11) is 0. The highest BCUT2D eigenvalue weighted by Crippen LogP contribution is 2.41. The van der Waals surface area contributed by atoms with Crippen LogP contribution in [0.3, 0.4) is 0 Å². The Morgan fingerprint density at radius 3 is 2.62 bits per heavy atom. The predicted molar refractivity (Wildman–Crippen MR) is 117 cm³/mol. The van der Waals surface area contributed by atoms with Gasteiger partial charge in [0, 0.05) is 24.2 Å². The van der Waals surface area contributed by atoms with E-state index in [-0.39, 0.29) is 12.4 Å². The highest BCUT2D eigenvalue weighted by atomic mass is 19.4. The van der Waals surface area contributed by atoms with E-state index in [0.717, 1.165) is 10.9 Å². The molecule has 1 aliphatic heterocycles. The number of hydrogen-bond acceptors (Lipinski definition) is 5. The Kier molecular flexibility index (Phi) is 5.31. The van der Waals surface area contributed by atoms with E-state index < -0.39 is 17.8 Å². The molecule has 34 heavy (non-hydrogen) atoms. The van der Waals surface area contributed by atoms with Gasteiger partial charge in [0.15, 0.2) is 0 Å². The Hall–Kier alpha value is -4.14. The molecule has 0 unspecified atom stereocenters. The molecule has 6 nitrogen and oxygen atoms in total. The number of nitrogens with one attached hydrogen (secondary N) is 1. The topological polar surface area (TPSA) is 73.3 Å². The van der Waals surface area contributed by atoms with Crippen molar-refractivity contribution >= 4 is 16.8 Å². The molecule has 1 aliphatic rings. The van der Waals surface area contributed by atoms with E-state index in [0.29, 0.717) is 29.0 Å². The van der Waals surface area contributed by atoms with Crippen molar-refractivity contribution in [3.8, 4) is 11.5 Å². The van der Waals surface area contributed by atoms with E-state index in [9.17, 15) is 18.0 Å². The Labute approximate surface area is 192 Å². The van der Waals surface area contributed by atoms with Gasteiger partial charge in [-0.3, -0.25) is 14.8 Å². The summed E-state index contributed by atoms with van der Waals surface area (Å²) in [6, 6.07) is 18.0. The molecule has 172 valence electrons. The first-order chi connectivity index (χ1) is 16.3. The van der Waals surface area contributed by atoms with Crippen LogP contribution in [-0.2, 0) is 5.54 Å². The number of halogens is 3. The van der Waals surface area contributed by atoms with Gasteiger partial charge in [-0.2, -0.15) is 0 Å². The van der Waals surface area contributed by atoms with Gasteiger partial charge < -0.3 is 14.8 Å². The molecule has 4 aromatic rings. The van der Waals surface area contributed by atoms with Crippen LogP contribution in [0.15, 0.2) is 79.1 Å². The fourth-order valence-corrected chi connectivity index (χ4v) is 4.14. The van der Waals surface area contributed by atoms with Gasteiger partial charge in [0.25, 0.3) is 5.91 Å². The van der Waals surface area contributed by atoms with Crippen LogP contribution < -0.4 is 14.8 Å². The van der Waals surface area contributed by atoms with Gasteiger partial charge in [-0.05, 0) is 42.0 Å². The molecule has 0 radical (unpaired) electrons. The molecule has 1 amide bonds. The van der Waals surface area contributed by atoms with Crippen molar-refractivity contribution in [1.29, 1.82) is 0 Å². The summed E-state index contributed by atoms with van der Waals surface area (Å²) >= 11 is 0. The average Bonchev–Trinajstić information content (AvgIpc) is 2.83. The van der Waals surface area contributed by atoms with Crippen molar-refractivity contribution in [1.82, 2.24) is 15.3 Å². The first kappa shape index (κ1) is 21.7. The molecule has 3 heterocycles. The minimum atomic E-state index is -4.80. The third-order valence-electron chi connectivity index (χ3n) is 5.67. The van der Waals surface area contributed by atoms with E-state index in [2.05, 4.69) is 20.0 Å². The number of para-hydroxylation sites is 1. The Morgan fingerprint density at radius 2 is 1.82 bits per heavy atom. The van der Waals surface area contributed by atoms with Gasteiger partial charge in [-0.1, -0.05) is 30.3 Å². The molecule has 0 saturated heterocycles. The van der Waals surface area contributed by atoms with Crippen molar-refractivity contribution in [3.05, 3.63) is 95.9 Å². The molecule has 2 aromatic carbocycles. The number of pyridine rings is 2. The molecule has 0 spiro atoms. The summed E-state index contributed by atoms with van der Waals surface area (Å²) in [5, 5.41) is 3.88. The maximum absolute atomic E-state index is 13.4. The lowest BCUT2D eigenvalue weighted by Crippen LogP contribution is -2.50. The first-order valence-electron chi connectivity index (χ1n) is 10.5. The summed E-state index contributed by atoms with van der Waals surface area (Å²) in [5.74, 6) is -0.265. The predicted octanol–water partition coefficient (Wildman–Crippen LogP) is 4.98. The van der Waals surface area contributed by atoms with E-state index >= 15 is 0 Å². The van der Waals surface area contributed by atoms with E-state index in [1.807, 2.05) is 24.3 Å². The van der Waals surface area contributed by atoms with Crippen LogP contribution in [-0.4, -0.2) is 28.8 Å². The molecular weight excluding hydrogens is 447 g/mol. The lowest BCUT2D eigenvalue weighted by molar-refractivity contribution is -0.274. The lowest BCUT2D eigenvalue weighted by atomic mass is 9.81. The summed E-state index contributed by atoms with van der Waals surface area (Å²) in [4.78, 5) is 22.2. The number of benzene rings is 2. The summed E-state index contributed by atoms with van der Waals surface area (Å²) in [6.45, 7) is 0.274. The minimum absolute atomic E-state index is 0.274. The molecule has 0 bridgehead atoms. The van der Waals surface area contributed by atoms with Gasteiger partial charge in [0.2, 0.25) is 0 Å². The number of nitrogens with zero attached hydrogens (tertiary/aromatic N) is 2. The van der Waals surface area contributed by atoms with Crippen LogP contribution in [0.25, 0.3) is 10.9 Å². The van der Waals surface area contributed by atoms with E-state index in [1.165, 1.54) is 30.5 Å². The summed E-state index contributed by atoms with van der Waals surface area (Å²) < 4.78 is 47.6. The highest BCUT2D eigenvalue weighted by molar-refractivity contribution is 5.98. The van der Waals surface area contributed by atoms with Crippen molar-refractivity contribution in [3.63, 3.8) is 0 Å². The highest BCUT2D eigenvalue weighted by Gasteiger charge is 2.43. The Balaban J connectivity index is 1.56. The molecule has 1 N–H and O–H groups in total. The average molecular weight is 465 g/mol. The molecule has 0 saturated carbocycles. The maximum atomic E-state index is 13.4. The number of rotatable bonds is 4. The summed E-state index contributed by atoms with van der Waals surface area (Å²) in [5.41, 5.74) is 0.986. The number of hydrogen-bond donors (Lipinski definition) is 1. The zero-order valence-corrected chi connectivity index (χ0v) is 17.7. The monoisotopic (exact) mass is 465 g/mol. The van der Waals surface area contributed by atoms with Crippen molar-refractivity contribution in [2.24, 2.45) is 0 Å². The van der Waals surface area contributed by atoms with Gasteiger partial charge in [-0.25, -0.2) is 0 Å². The number of aromatic nitrogens is 2. The molecule has 9 heteroatoms. The second-order valence-electron chi connectivity index (χ2n) is 7.80. The van der Waals surface area contributed by atoms with Gasteiger partial charge in [0.1, 0.15) is 22.7 Å². The molecule has 0 fully saturated rings. The van der Waals surface area contributed by atoms with Crippen LogP contribution in [0.4, 0.5) is 13.2 Å². The third-order valence-corrected chi connectivity index (χ3v) is 5.67. The zero-order valence-electron chi connectivity index (χ0n) is 17.7. The number of fused-ring (bicyclic) bond motifs is 2. The lowest BCUT2D eigenvalue weighted by Gasteiger charge is -2.39. The Bertz CT molecular complexity index is 1360. The van der Waals surface area contributed by atoms with Crippen LogP contribution in [0, 0.1) is 0 Å². The molecule has 2 aromatic heterocycles. The van der Waals surface area contributed by atoms with Gasteiger partial charge in [-0.15, -0.1) is 13.2 Å². The maximum Gasteiger partial charge on any atom is 0.573 e. The number of ether oxygens (including phenoxy) is 2. The van der Waals surface area contributed by atoms with Gasteiger partial charge >= 0.3 is 6.36 Å². The van der Waals surface area contributed by atoms with Crippen LogP contribution in [0.2, 0.25) is 0 Å². The van der Waals surface area contributed by atoms with Crippen LogP contribution >= 0.6 is 0 Å². The fraction of sp³-hybridized carbons (Fsp3) is 0.160. The summed E-state index contributed by atoms with van der Waals surface area (Å²) in [6.07, 6.45) is -1.41. The third kappa shape index (κ3) is 4.12. The molecule has 5 rings (SSSR count). The largest absolute Gasteiger partial charge is 0.573 e. The van der Waals surface area contributed by atoms with E-state index in [1.54, 1.807) is 24.4 Å². The smallest absolute Gasteiger partial charge is 0.491 e. The minimum Gasteiger partial charge on any atom is -0.491 e. The second kappa shape index (κ2) is 8.33. The SMILES string of the molecule is O=C(N[C@]1(c2ccc(OC(F)(F)F)cc2)CCOc2cccnc21)c1cnc2ccccc2c1. The van der Waals surface area contributed by atoms with Crippen LogP contribution in [0.1, 0.15) is 28.0 Å². The molecular formula is C25H18F3N3O3. The quantitative estimate of drug-likeness (QED) is 0.460. The molecule has 1 atom stereocenters. The van der Waals surface area contributed by atoms with Crippen molar-refractivity contribution < 1.29 is 27.4 Å². The van der Waals surface area contributed by atoms with E-state index in [4.69, 9.17) is 4.74 Å². The standard InChI is InChI=1S/C25H18F3N3O3/c26-25(27,28)34-19-9-7-18(8-10-19)24(11-13-33-21-6-3-12-29-22(21)24)31-23(32)17-14-16-4-1-2-5-20(16)30-15-17/h1-10,12,14-15H,11,13H2,(H,31,32)/t24-/m0/s1. The van der Waals surface area contributed by atoms with Gasteiger partial charge in [0.05, 0.1) is 17.7 Å². The zero-order chi connectivity index (χ0) is 23.8. The van der Waals surface area contributed by atoms with Crippen LogP contribution in [0.5, 0.6) is 11.5 Å².